The second-order valence-corrected chi connectivity index (χ2v) is 3.58. The first-order valence-electron chi connectivity index (χ1n) is 3.62. The van der Waals surface area contributed by atoms with E-state index in [-0.39, 0.29) is 0 Å². The largest absolute Gasteiger partial charge is 0.396 e. The van der Waals surface area contributed by atoms with Gasteiger partial charge in [-0.25, -0.2) is 0 Å². The van der Waals surface area contributed by atoms with Crippen LogP contribution in [0, 0.1) is 0 Å². The SMILES string of the molecule is Nc1c(Cl)cc(/C=C/CCl)cc1Cl. The molecule has 0 aromatic heterocycles. The van der Waals surface area contributed by atoms with Gasteiger partial charge in [0.15, 0.2) is 0 Å². The molecular formula is C9H8Cl3N. The van der Waals surface area contributed by atoms with E-state index in [0.717, 1.165) is 5.56 Å². The van der Waals surface area contributed by atoms with Gasteiger partial charge in [0.05, 0.1) is 15.7 Å². The van der Waals surface area contributed by atoms with Crippen molar-refractivity contribution in [1.82, 2.24) is 0 Å². The number of alkyl halides is 1. The second-order valence-electron chi connectivity index (χ2n) is 2.45. The zero-order valence-corrected chi connectivity index (χ0v) is 9.00. The van der Waals surface area contributed by atoms with Crippen molar-refractivity contribution in [3.8, 4) is 0 Å². The van der Waals surface area contributed by atoms with Crippen LogP contribution in [0.5, 0.6) is 0 Å². The van der Waals surface area contributed by atoms with Gasteiger partial charge in [0, 0.05) is 5.88 Å². The van der Waals surface area contributed by atoms with Gasteiger partial charge in [-0.05, 0) is 17.7 Å². The Balaban J connectivity index is 3.06. The van der Waals surface area contributed by atoms with Gasteiger partial charge in [0.25, 0.3) is 0 Å². The van der Waals surface area contributed by atoms with Gasteiger partial charge < -0.3 is 5.73 Å². The van der Waals surface area contributed by atoms with E-state index < -0.39 is 0 Å². The second kappa shape index (κ2) is 4.75. The normalized spacial score (nSPS) is 11.0. The number of allylic oxidation sites excluding steroid dienone is 1. The third kappa shape index (κ3) is 2.80. The van der Waals surface area contributed by atoms with Crippen LogP contribution in [0.3, 0.4) is 0 Å². The topological polar surface area (TPSA) is 26.0 Å². The number of halogens is 3. The summed E-state index contributed by atoms with van der Waals surface area (Å²) in [6, 6.07) is 3.48. The van der Waals surface area contributed by atoms with Crippen LogP contribution in [0.15, 0.2) is 18.2 Å². The van der Waals surface area contributed by atoms with Crippen molar-refractivity contribution in [3.63, 3.8) is 0 Å². The lowest BCUT2D eigenvalue weighted by Crippen LogP contribution is -1.88. The molecule has 0 unspecified atom stereocenters. The van der Waals surface area contributed by atoms with Crippen LogP contribution in [0.2, 0.25) is 10.0 Å². The number of hydrogen-bond acceptors (Lipinski definition) is 1. The maximum atomic E-state index is 5.82. The Labute approximate surface area is 92.1 Å². The van der Waals surface area contributed by atoms with Gasteiger partial charge >= 0.3 is 0 Å². The summed E-state index contributed by atoms with van der Waals surface area (Å²) >= 11 is 17.1. The van der Waals surface area contributed by atoms with Crippen molar-refractivity contribution in [1.29, 1.82) is 0 Å². The predicted molar refractivity (Wildman–Crippen MR) is 60.6 cm³/mol. The quantitative estimate of drug-likeness (QED) is 0.613. The maximum Gasteiger partial charge on any atom is 0.0693 e. The Bertz CT molecular complexity index is 311. The molecule has 70 valence electrons. The molecule has 0 radical (unpaired) electrons. The van der Waals surface area contributed by atoms with Crippen molar-refractivity contribution in [3.05, 3.63) is 33.8 Å². The third-order valence-corrected chi connectivity index (χ3v) is 2.30. The molecule has 1 rings (SSSR count). The van der Waals surface area contributed by atoms with Gasteiger partial charge in [-0.2, -0.15) is 0 Å². The van der Waals surface area contributed by atoms with Crippen LogP contribution < -0.4 is 5.73 Å². The Morgan fingerprint density at radius 1 is 1.23 bits per heavy atom. The maximum absolute atomic E-state index is 5.82. The van der Waals surface area contributed by atoms with Crippen LogP contribution in [0.1, 0.15) is 5.56 Å². The average Bonchev–Trinajstić information content (AvgIpc) is 2.10. The molecule has 13 heavy (non-hydrogen) atoms. The monoisotopic (exact) mass is 235 g/mol. The van der Waals surface area contributed by atoms with E-state index in [1.54, 1.807) is 18.2 Å². The molecule has 0 saturated carbocycles. The standard InChI is InChI=1S/C9H8Cl3N/c10-3-1-2-6-4-7(11)9(13)8(12)5-6/h1-2,4-5H,3,13H2/b2-1+. The predicted octanol–water partition coefficient (Wildman–Crippen LogP) is 3.83. The summed E-state index contributed by atoms with van der Waals surface area (Å²) < 4.78 is 0. The number of anilines is 1. The molecule has 0 aliphatic rings. The minimum Gasteiger partial charge on any atom is -0.396 e. The highest BCUT2D eigenvalue weighted by Gasteiger charge is 2.02. The van der Waals surface area contributed by atoms with Crippen LogP contribution in [-0.2, 0) is 0 Å². The molecule has 0 fully saturated rings. The molecular weight excluding hydrogens is 228 g/mol. The van der Waals surface area contributed by atoms with Crippen LogP contribution in [0.4, 0.5) is 5.69 Å². The Kier molecular flexibility index (Phi) is 3.91. The fourth-order valence-corrected chi connectivity index (χ4v) is 1.47. The van der Waals surface area contributed by atoms with E-state index in [0.29, 0.717) is 21.6 Å². The van der Waals surface area contributed by atoms with Gasteiger partial charge in [0.1, 0.15) is 0 Å². The highest BCUT2D eigenvalue weighted by molar-refractivity contribution is 6.39. The molecule has 0 heterocycles. The summed E-state index contributed by atoms with van der Waals surface area (Å²) in [5.41, 5.74) is 6.87. The Morgan fingerprint density at radius 2 is 1.77 bits per heavy atom. The molecule has 0 amide bonds. The van der Waals surface area contributed by atoms with E-state index in [4.69, 9.17) is 40.5 Å². The summed E-state index contributed by atoms with van der Waals surface area (Å²) in [6.07, 6.45) is 3.64. The smallest absolute Gasteiger partial charge is 0.0693 e. The number of hydrogen-bond donors (Lipinski definition) is 1. The summed E-state index contributed by atoms with van der Waals surface area (Å²) in [4.78, 5) is 0. The number of nitrogen functional groups attached to an aromatic ring is 1. The fourth-order valence-electron chi connectivity index (χ4n) is 0.881. The van der Waals surface area contributed by atoms with Gasteiger partial charge in [0.2, 0.25) is 0 Å². The van der Waals surface area contributed by atoms with E-state index in [2.05, 4.69) is 0 Å². The zero-order chi connectivity index (χ0) is 9.84. The first-order valence-corrected chi connectivity index (χ1v) is 4.91. The van der Waals surface area contributed by atoms with E-state index in [1.807, 2.05) is 6.08 Å². The molecule has 0 saturated heterocycles. The molecule has 1 nitrogen and oxygen atoms in total. The molecule has 4 heteroatoms. The van der Waals surface area contributed by atoms with Crippen LogP contribution in [-0.4, -0.2) is 5.88 Å². The number of nitrogens with two attached hydrogens (primary N) is 1. The minimum atomic E-state index is 0.409. The fraction of sp³-hybridized carbons (Fsp3) is 0.111. The lowest BCUT2D eigenvalue weighted by atomic mass is 10.2. The van der Waals surface area contributed by atoms with Crippen molar-refractivity contribution in [2.45, 2.75) is 0 Å². The van der Waals surface area contributed by atoms with Crippen molar-refractivity contribution < 1.29 is 0 Å². The van der Waals surface area contributed by atoms with Crippen molar-refractivity contribution in [2.75, 3.05) is 11.6 Å². The average molecular weight is 237 g/mol. The number of benzene rings is 1. The molecule has 0 aliphatic heterocycles. The molecule has 0 bridgehead atoms. The Hall–Kier alpha value is -0.370. The van der Waals surface area contributed by atoms with E-state index >= 15 is 0 Å². The first kappa shape index (κ1) is 10.7. The molecule has 0 spiro atoms. The molecule has 1 aromatic rings. The molecule has 0 aliphatic carbocycles. The highest BCUT2D eigenvalue weighted by atomic mass is 35.5. The molecule has 2 N–H and O–H groups in total. The van der Waals surface area contributed by atoms with Crippen molar-refractivity contribution in [2.24, 2.45) is 0 Å². The summed E-state index contributed by atoms with van der Waals surface area (Å²) in [6.45, 7) is 0. The summed E-state index contributed by atoms with van der Waals surface area (Å²) in [5, 5.41) is 0.920. The van der Waals surface area contributed by atoms with Gasteiger partial charge in [-0.3, -0.25) is 0 Å². The summed E-state index contributed by atoms with van der Waals surface area (Å²) in [5.74, 6) is 0.458. The highest BCUT2D eigenvalue weighted by Crippen LogP contribution is 2.29. The third-order valence-electron chi connectivity index (χ3n) is 1.50. The van der Waals surface area contributed by atoms with E-state index in [1.165, 1.54) is 0 Å². The van der Waals surface area contributed by atoms with Crippen LogP contribution in [0.25, 0.3) is 6.08 Å². The summed E-state index contributed by atoms with van der Waals surface area (Å²) in [7, 11) is 0. The lowest BCUT2D eigenvalue weighted by Gasteiger charge is -2.02. The molecule has 0 atom stereocenters. The first-order chi connectivity index (χ1) is 6.15. The van der Waals surface area contributed by atoms with Crippen molar-refractivity contribution >= 4 is 46.6 Å². The van der Waals surface area contributed by atoms with Crippen LogP contribution >= 0.6 is 34.8 Å². The minimum absolute atomic E-state index is 0.409. The zero-order valence-electron chi connectivity index (χ0n) is 6.73. The van der Waals surface area contributed by atoms with Gasteiger partial charge in [-0.15, -0.1) is 11.6 Å². The Morgan fingerprint density at radius 3 is 2.23 bits per heavy atom. The lowest BCUT2D eigenvalue weighted by molar-refractivity contribution is 1.63. The van der Waals surface area contributed by atoms with Gasteiger partial charge in [-0.1, -0.05) is 35.4 Å². The number of rotatable bonds is 2. The molecule has 1 aromatic carbocycles. The van der Waals surface area contributed by atoms with E-state index in [9.17, 15) is 0 Å².